The highest BCUT2D eigenvalue weighted by atomic mass is 16.8. The smallest absolute Gasteiger partial charge is 0.327 e. The molecule has 10 unspecified atom stereocenters. The maximum absolute atomic E-state index is 15.7. The summed E-state index contributed by atoms with van der Waals surface area (Å²) in [5.41, 5.74) is 2.70. The quantitative estimate of drug-likeness (QED) is 0.141. The summed E-state index contributed by atoms with van der Waals surface area (Å²) >= 11 is 0. The molecule has 2 aliphatic carbocycles. The highest BCUT2D eigenvalue weighted by Gasteiger charge is 2.77. The maximum atomic E-state index is 15.7. The van der Waals surface area contributed by atoms with Gasteiger partial charge in [-0.15, -0.1) is 0 Å². The molecule has 12 nitrogen and oxygen atoms in total. The number of hydroxylamine groups is 2. The Balaban J connectivity index is 1.03. The van der Waals surface area contributed by atoms with Gasteiger partial charge in [-0.25, -0.2) is 0 Å². The van der Waals surface area contributed by atoms with Gasteiger partial charge in [0.2, 0.25) is 17.6 Å². The Bertz CT molecular complexity index is 2240. The van der Waals surface area contributed by atoms with Gasteiger partial charge >= 0.3 is 5.97 Å². The predicted octanol–water partition coefficient (Wildman–Crippen LogP) is 4.93. The molecule has 4 aliphatic heterocycles. The van der Waals surface area contributed by atoms with Crippen LogP contribution in [0.25, 0.3) is 6.08 Å². The monoisotopic (exact) mass is 825 g/mol. The lowest BCUT2D eigenvalue weighted by Gasteiger charge is -2.50. The molecule has 12 heteroatoms. The van der Waals surface area contributed by atoms with Gasteiger partial charge < -0.3 is 34.3 Å². The first-order valence-corrected chi connectivity index (χ1v) is 21.5. The van der Waals surface area contributed by atoms with Crippen LogP contribution in [0, 0.1) is 11.3 Å². The molecule has 4 saturated heterocycles. The number of amides is 2. The van der Waals surface area contributed by atoms with Crippen LogP contribution >= 0.6 is 0 Å². The first kappa shape index (κ1) is 39.9. The molecule has 4 heterocycles. The highest BCUT2D eigenvalue weighted by Crippen LogP contribution is 2.60. The van der Waals surface area contributed by atoms with E-state index in [9.17, 15) is 14.7 Å². The van der Waals surface area contributed by atoms with Crippen LogP contribution in [0.1, 0.15) is 53.5 Å². The molecule has 0 spiro atoms. The molecule has 0 aromatic heterocycles. The van der Waals surface area contributed by atoms with E-state index >= 15 is 4.79 Å². The summed E-state index contributed by atoms with van der Waals surface area (Å²) in [7, 11) is 1.61. The van der Waals surface area contributed by atoms with E-state index in [1.165, 1.54) is 4.90 Å². The normalized spacial score (nSPS) is 31.1. The van der Waals surface area contributed by atoms with E-state index in [4.69, 9.17) is 23.8 Å². The van der Waals surface area contributed by atoms with Gasteiger partial charge in [0, 0.05) is 37.6 Å². The lowest BCUT2D eigenvalue weighted by atomic mass is 9.62. The molecule has 2 saturated carbocycles. The summed E-state index contributed by atoms with van der Waals surface area (Å²) < 4.78 is 26.3. The second kappa shape index (κ2) is 16.2. The van der Waals surface area contributed by atoms with Crippen molar-refractivity contribution >= 4 is 23.9 Å². The van der Waals surface area contributed by atoms with Crippen molar-refractivity contribution in [2.24, 2.45) is 11.3 Å². The van der Waals surface area contributed by atoms with Crippen molar-refractivity contribution in [2.45, 2.75) is 93.1 Å². The number of likely N-dealkylation sites (N-methyl/N-ethyl adjacent to an activating group) is 1. The Morgan fingerprint density at radius 3 is 2.26 bits per heavy atom. The fourth-order valence-electron chi connectivity index (χ4n) is 10.5. The molecule has 6 aliphatic rings. The summed E-state index contributed by atoms with van der Waals surface area (Å²) in [5, 5.41) is 14.0. The standard InChI is InChI=1S/C49H51N3O9/c1-51(37(45(54)50-24-25-53)27-31-12-5-2-6-13-31)47(56)48-29-40-41-42(60-49(59-41,35-16-7-3-8-17-35)36-18-9-4-10-19-36)44(48)61-52(43(48)46(55)58-40)30-34-15-11-14-32(26-34)20-21-33-22-23-38-39(28-33)57-38/h2-21,26,33,37-44,53H,22-25,27-30H2,1H3,(H,50,54). The van der Waals surface area contributed by atoms with E-state index in [-0.39, 0.29) is 32.5 Å². The summed E-state index contributed by atoms with van der Waals surface area (Å²) in [6.07, 6.45) is 5.25. The van der Waals surface area contributed by atoms with Crippen LogP contribution < -0.4 is 5.32 Å². The topological polar surface area (TPSA) is 139 Å². The summed E-state index contributed by atoms with van der Waals surface area (Å²) in [4.78, 5) is 52.7. The number of nitrogens with zero attached hydrogens (tertiary/aromatic N) is 2. The number of nitrogens with one attached hydrogen (secondary N) is 1. The zero-order valence-corrected chi connectivity index (χ0v) is 34.1. The van der Waals surface area contributed by atoms with E-state index < -0.39 is 65.5 Å². The molecule has 2 bridgehead atoms. The number of hydrogen-bond donors (Lipinski definition) is 2. The number of aliphatic hydroxyl groups excluding tert-OH is 1. The molecule has 10 atom stereocenters. The van der Waals surface area contributed by atoms with Crippen molar-refractivity contribution in [3.63, 3.8) is 0 Å². The SMILES string of the molecule is CN(C(=O)C12CC3OC(=O)C1N(Cc1cccc(C=CC4CCC5OC5C4)c1)OC2C1OC(c2ccccc2)(c2ccccc2)OC31)C(Cc1ccccc1)C(=O)NCCO. The van der Waals surface area contributed by atoms with Crippen molar-refractivity contribution in [1.82, 2.24) is 15.3 Å². The van der Waals surface area contributed by atoms with Crippen LogP contribution in [0.5, 0.6) is 0 Å². The largest absolute Gasteiger partial charge is 0.458 e. The number of benzene rings is 4. The molecule has 4 aromatic carbocycles. The van der Waals surface area contributed by atoms with Gasteiger partial charge in [-0.2, -0.15) is 5.06 Å². The van der Waals surface area contributed by atoms with E-state index in [0.717, 1.165) is 47.1 Å². The van der Waals surface area contributed by atoms with Crippen molar-refractivity contribution in [1.29, 1.82) is 0 Å². The Morgan fingerprint density at radius 2 is 1.56 bits per heavy atom. The van der Waals surface area contributed by atoms with Gasteiger partial charge in [0.15, 0.2) is 6.04 Å². The minimum absolute atomic E-state index is 0.0220. The van der Waals surface area contributed by atoms with Crippen LogP contribution in [0.4, 0.5) is 0 Å². The number of epoxide rings is 1. The third-order valence-electron chi connectivity index (χ3n) is 13.5. The molecule has 61 heavy (non-hydrogen) atoms. The number of rotatable bonds is 13. The van der Waals surface area contributed by atoms with E-state index in [1.54, 1.807) is 12.1 Å². The number of carbonyl (C=O) groups is 3. The second-order valence-electron chi connectivity index (χ2n) is 17.3. The molecule has 6 fully saturated rings. The summed E-state index contributed by atoms with van der Waals surface area (Å²) in [6.45, 7) is -0.0635. The van der Waals surface area contributed by atoms with Gasteiger partial charge in [0.05, 0.1) is 25.4 Å². The minimum atomic E-state index is -1.53. The van der Waals surface area contributed by atoms with Gasteiger partial charge in [0.25, 0.3) is 0 Å². The summed E-state index contributed by atoms with van der Waals surface area (Å²) in [6, 6.07) is 34.7. The first-order valence-electron chi connectivity index (χ1n) is 21.5. The second-order valence-corrected chi connectivity index (χ2v) is 17.3. The average molecular weight is 826 g/mol. The van der Waals surface area contributed by atoms with Crippen molar-refractivity contribution in [3.05, 3.63) is 149 Å². The number of carbonyl (C=O) groups excluding carboxylic acids is 3. The van der Waals surface area contributed by atoms with E-state index in [0.29, 0.717) is 18.1 Å². The number of esters is 1. The fourth-order valence-corrected chi connectivity index (χ4v) is 10.5. The lowest BCUT2D eigenvalue weighted by molar-refractivity contribution is -0.214. The molecular weight excluding hydrogens is 775 g/mol. The van der Waals surface area contributed by atoms with Gasteiger partial charge in [-0.1, -0.05) is 127 Å². The van der Waals surface area contributed by atoms with Crippen LogP contribution in [-0.2, 0) is 56.9 Å². The molecule has 4 aromatic rings. The predicted molar refractivity (Wildman–Crippen MR) is 223 cm³/mol. The fraction of sp³-hybridized carbons (Fsp3) is 0.408. The maximum Gasteiger partial charge on any atom is 0.327 e. The van der Waals surface area contributed by atoms with Crippen LogP contribution in [0.15, 0.2) is 121 Å². The van der Waals surface area contributed by atoms with E-state index in [2.05, 4.69) is 29.6 Å². The van der Waals surface area contributed by atoms with Crippen LogP contribution in [0.3, 0.4) is 0 Å². The zero-order valence-electron chi connectivity index (χ0n) is 34.1. The Morgan fingerprint density at radius 1 is 0.869 bits per heavy atom. The number of fused-ring (bicyclic) bond motifs is 5. The minimum Gasteiger partial charge on any atom is -0.458 e. The third-order valence-corrected chi connectivity index (χ3v) is 13.5. The zero-order chi connectivity index (χ0) is 41.7. The van der Waals surface area contributed by atoms with Crippen LogP contribution in [0.2, 0.25) is 0 Å². The summed E-state index contributed by atoms with van der Waals surface area (Å²) in [5.74, 6) is -2.40. The molecule has 0 radical (unpaired) electrons. The van der Waals surface area contributed by atoms with Gasteiger partial charge in [0.1, 0.15) is 35.9 Å². The first-order chi connectivity index (χ1) is 29.8. The number of ether oxygens (including phenoxy) is 4. The Hall–Kier alpha value is -5.21. The van der Waals surface area contributed by atoms with Crippen LogP contribution in [-0.4, -0.2) is 102 Å². The molecule has 10 rings (SSSR count). The number of allylic oxidation sites excluding steroid dienone is 1. The third kappa shape index (κ3) is 7.18. The Kier molecular flexibility index (Phi) is 10.6. The highest BCUT2D eigenvalue weighted by molar-refractivity contribution is 5.96. The van der Waals surface area contributed by atoms with E-state index in [1.807, 2.05) is 103 Å². The Labute approximate surface area is 355 Å². The molecular formula is C49H51N3O9. The average Bonchev–Trinajstić information content (AvgIpc) is 3.82. The van der Waals surface area contributed by atoms with Gasteiger partial charge in [-0.05, 0) is 41.9 Å². The number of aliphatic hydroxyl groups is 1. The molecule has 2 N–H and O–H groups in total. The lowest BCUT2D eigenvalue weighted by Crippen LogP contribution is -2.70. The molecule has 316 valence electrons. The number of hydrogen-bond acceptors (Lipinski definition) is 10. The van der Waals surface area contributed by atoms with Crippen molar-refractivity contribution < 1.29 is 43.3 Å². The van der Waals surface area contributed by atoms with Crippen molar-refractivity contribution in [2.75, 3.05) is 20.2 Å². The molecule has 2 amide bonds. The van der Waals surface area contributed by atoms with Gasteiger partial charge in [-0.3, -0.25) is 19.2 Å². The van der Waals surface area contributed by atoms with Crippen molar-refractivity contribution in [3.8, 4) is 0 Å².